The van der Waals surface area contributed by atoms with Gasteiger partial charge in [0.1, 0.15) is 5.76 Å². The SMILES string of the molecule is Cc1c(CN[C@@H](C)c2ccco2)n(C)c2ccccc12. The lowest BCUT2D eigenvalue weighted by Gasteiger charge is -2.13. The first-order chi connectivity index (χ1) is 9.68. The van der Waals surface area contributed by atoms with Crippen molar-refractivity contribution in [1.82, 2.24) is 9.88 Å². The highest BCUT2D eigenvalue weighted by Crippen LogP contribution is 2.25. The number of para-hydroxylation sites is 1. The summed E-state index contributed by atoms with van der Waals surface area (Å²) in [5.74, 6) is 0.974. The zero-order valence-electron chi connectivity index (χ0n) is 12.2. The number of benzene rings is 1. The van der Waals surface area contributed by atoms with Crippen LogP contribution in [-0.2, 0) is 13.6 Å². The lowest BCUT2D eigenvalue weighted by atomic mass is 10.1. The average molecular weight is 268 g/mol. The zero-order valence-corrected chi connectivity index (χ0v) is 12.2. The number of fused-ring (bicyclic) bond motifs is 1. The number of nitrogens with zero attached hydrogens (tertiary/aromatic N) is 1. The third-order valence-corrected chi connectivity index (χ3v) is 4.05. The van der Waals surface area contributed by atoms with E-state index in [0.717, 1.165) is 12.3 Å². The number of hydrogen-bond donors (Lipinski definition) is 1. The summed E-state index contributed by atoms with van der Waals surface area (Å²) in [5.41, 5.74) is 3.96. The van der Waals surface area contributed by atoms with Crippen LogP contribution >= 0.6 is 0 Å². The Morgan fingerprint density at radius 1 is 1.20 bits per heavy atom. The van der Waals surface area contributed by atoms with E-state index < -0.39 is 0 Å². The van der Waals surface area contributed by atoms with Crippen molar-refractivity contribution in [3.63, 3.8) is 0 Å². The van der Waals surface area contributed by atoms with E-state index in [-0.39, 0.29) is 6.04 Å². The molecule has 1 N–H and O–H groups in total. The van der Waals surface area contributed by atoms with Crippen molar-refractivity contribution in [2.24, 2.45) is 7.05 Å². The van der Waals surface area contributed by atoms with E-state index in [2.05, 4.69) is 55.0 Å². The molecule has 0 spiro atoms. The molecule has 0 saturated carbocycles. The normalized spacial score (nSPS) is 12.9. The fourth-order valence-electron chi connectivity index (χ4n) is 2.77. The fourth-order valence-corrected chi connectivity index (χ4v) is 2.77. The molecule has 0 bridgehead atoms. The molecule has 0 aliphatic rings. The topological polar surface area (TPSA) is 30.1 Å². The van der Waals surface area contributed by atoms with E-state index in [0.29, 0.717) is 0 Å². The Bertz CT molecular complexity index is 671. The summed E-state index contributed by atoms with van der Waals surface area (Å²) >= 11 is 0. The van der Waals surface area contributed by atoms with Gasteiger partial charge in [0.05, 0.1) is 12.3 Å². The molecule has 3 heteroatoms. The number of hydrogen-bond acceptors (Lipinski definition) is 2. The molecule has 2 aromatic heterocycles. The zero-order chi connectivity index (χ0) is 14.1. The lowest BCUT2D eigenvalue weighted by molar-refractivity contribution is 0.427. The summed E-state index contributed by atoms with van der Waals surface area (Å²) in [6, 6.07) is 12.7. The van der Waals surface area contributed by atoms with Crippen molar-refractivity contribution in [1.29, 1.82) is 0 Å². The van der Waals surface area contributed by atoms with Crippen LogP contribution in [0.15, 0.2) is 47.1 Å². The van der Waals surface area contributed by atoms with E-state index in [4.69, 9.17) is 4.42 Å². The Balaban J connectivity index is 1.84. The molecule has 20 heavy (non-hydrogen) atoms. The second-order valence-electron chi connectivity index (χ2n) is 5.27. The summed E-state index contributed by atoms with van der Waals surface area (Å²) < 4.78 is 7.70. The summed E-state index contributed by atoms with van der Waals surface area (Å²) in [6.45, 7) is 5.15. The van der Waals surface area contributed by atoms with Crippen LogP contribution in [0.3, 0.4) is 0 Å². The van der Waals surface area contributed by atoms with Gasteiger partial charge >= 0.3 is 0 Å². The molecule has 0 saturated heterocycles. The maximum absolute atomic E-state index is 5.43. The second kappa shape index (κ2) is 5.17. The molecular formula is C17H20N2O. The van der Waals surface area contributed by atoms with Crippen LogP contribution in [0.25, 0.3) is 10.9 Å². The van der Waals surface area contributed by atoms with Gasteiger partial charge in [-0.05, 0) is 37.6 Å². The smallest absolute Gasteiger partial charge is 0.120 e. The number of aromatic nitrogens is 1. The molecule has 3 rings (SSSR count). The van der Waals surface area contributed by atoms with Gasteiger partial charge in [-0.2, -0.15) is 0 Å². The van der Waals surface area contributed by atoms with Gasteiger partial charge in [0, 0.05) is 30.2 Å². The maximum Gasteiger partial charge on any atom is 0.120 e. The molecule has 2 heterocycles. The summed E-state index contributed by atoms with van der Waals surface area (Å²) in [4.78, 5) is 0. The number of rotatable bonds is 4. The van der Waals surface area contributed by atoms with Gasteiger partial charge in [0.25, 0.3) is 0 Å². The standard InChI is InChI=1S/C17H20N2O/c1-12-14-7-4-5-8-15(14)19(3)16(12)11-18-13(2)17-9-6-10-20-17/h4-10,13,18H,11H2,1-3H3/t13-/m0/s1. The molecule has 0 fully saturated rings. The molecule has 0 amide bonds. The maximum atomic E-state index is 5.43. The Morgan fingerprint density at radius 3 is 2.70 bits per heavy atom. The van der Waals surface area contributed by atoms with Gasteiger partial charge in [-0.15, -0.1) is 0 Å². The highest BCUT2D eigenvalue weighted by atomic mass is 16.3. The number of aryl methyl sites for hydroxylation is 2. The fraction of sp³-hybridized carbons (Fsp3) is 0.294. The Labute approximate surface area is 119 Å². The molecule has 0 aliphatic carbocycles. The minimum absolute atomic E-state index is 0.211. The van der Waals surface area contributed by atoms with Gasteiger partial charge in [0.15, 0.2) is 0 Å². The first kappa shape index (κ1) is 13.0. The quantitative estimate of drug-likeness (QED) is 0.777. The average Bonchev–Trinajstić information content (AvgIpc) is 3.07. The molecule has 3 nitrogen and oxygen atoms in total. The van der Waals surface area contributed by atoms with E-state index >= 15 is 0 Å². The van der Waals surface area contributed by atoms with Crippen LogP contribution in [0.4, 0.5) is 0 Å². The highest BCUT2D eigenvalue weighted by Gasteiger charge is 2.13. The summed E-state index contributed by atoms with van der Waals surface area (Å²) in [6.07, 6.45) is 1.72. The molecular weight excluding hydrogens is 248 g/mol. The van der Waals surface area contributed by atoms with E-state index in [1.807, 2.05) is 12.1 Å². The summed E-state index contributed by atoms with van der Waals surface area (Å²) in [5, 5.41) is 4.86. The van der Waals surface area contributed by atoms with Crippen molar-refractivity contribution < 1.29 is 4.42 Å². The molecule has 0 radical (unpaired) electrons. The minimum atomic E-state index is 0.211. The third kappa shape index (κ3) is 2.14. The van der Waals surface area contributed by atoms with E-state index in [1.165, 1.54) is 22.2 Å². The predicted octanol–water partition coefficient (Wildman–Crippen LogP) is 3.93. The van der Waals surface area contributed by atoms with Crippen LogP contribution in [-0.4, -0.2) is 4.57 Å². The molecule has 1 atom stereocenters. The van der Waals surface area contributed by atoms with Gasteiger partial charge in [-0.3, -0.25) is 0 Å². The lowest BCUT2D eigenvalue weighted by Crippen LogP contribution is -2.19. The number of furan rings is 1. The van der Waals surface area contributed by atoms with Crippen LogP contribution in [0.1, 0.15) is 30.0 Å². The van der Waals surface area contributed by atoms with Crippen molar-refractivity contribution in [2.75, 3.05) is 0 Å². The summed E-state index contributed by atoms with van der Waals surface area (Å²) in [7, 11) is 2.13. The molecule has 104 valence electrons. The molecule has 0 aliphatic heterocycles. The molecule has 3 aromatic rings. The third-order valence-electron chi connectivity index (χ3n) is 4.05. The van der Waals surface area contributed by atoms with Crippen LogP contribution in [0.5, 0.6) is 0 Å². The van der Waals surface area contributed by atoms with Crippen molar-refractivity contribution in [2.45, 2.75) is 26.4 Å². The second-order valence-corrected chi connectivity index (χ2v) is 5.27. The highest BCUT2D eigenvalue weighted by molar-refractivity contribution is 5.85. The molecule has 1 aromatic carbocycles. The first-order valence-corrected chi connectivity index (χ1v) is 6.98. The van der Waals surface area contributed by atoms with Crippen LogP contribution < -0.4 is 5.32 Å². The predicted molar refractivity (Wildman–Crippen MR) is 81.6 cm³/mol. The van der Waals surface area contributed by atoms with Crippen molar-refractivity contribution in [3.8, 4) is 0 Å². The Morgan fingerprint density at radius 2 is 2.00 bits per heavy atom. The van der Waals surface area contributed by atoms with Crippen LogP contribution in [0.2, 0.25) is 0 Å². The van der Waals surface area contributed by atoms with Gasteiger partial charge < -0.3 is 14.3 Å². The molecule has 0 unspecified atom stereocenters. The van der Waals surface area contributed by atoms with Gasteiger partial charge in [-0.25, -0.2) is 0 Å². The van der Waals surface area contributed by atoms with E-state index in [9.17, 15) is 0 Å². The monoisotopic (exact) mass is 268 g/mol. The van der Waals surface area contributed by atoms with Gasteiger partial charge in [0.2, 0.25) is 0 Å². The Hall–Kier alpha value is -2.00. The number of nitrogens with one attached hydrogen (secondary N) is 1. The van der Waals surface area contributed by atoms with Gasteiger partial charge in [-0.1, -0.05) is 18.2 Å². The van der Waals surface area contributed by atoms with Crippen molar-refractivity contribution in [3.05, 3.63) is 59.7 Å². The van der Waals surface area contributed by atoms with Crippen LogP contribution in [0, 0.1) is 6.92 Å². The van der Waals surface area contributed by atoms with Crippen molar-refractivity contribution >= 4 is 10.9 Å². The first-order valence-electron chi connectivity index (χ1n) is 6.98. The minimum Gasteiger partial charge on any atom is -0.468 e. The largest absolute Gasteiger partial charge is 0.468 e. The van der Waals surface area contributed by atoms with E-state index in [1.54, 1.807) is 6.26 Å². The Kier molecular flexibility index (Phi) is 3.36.